The summed E-state index contributed by atoms with van der Waals surface area (Å²) in [6.07, 6.45) is 0.916. The number of alkyl halides is 1. The van der Waals surface area contributed by atoms with Crippen molar-refractivity contribution in [1.82, 2.24) is 0 Å². The second-order valence-corrected chi connectivity index (χ2v) is 4.18. The van der Waals surface area contributed by atoms with Crippen molar-refractivity contribution in [2.24, 2.45) is 0 Å². The zero-order valence-electron chi connectivity index (χ0n) is 9.99. The first-order valence-corrected chi connectivity index (χ1v) is 5.95. The van der Waals surface area contributed by atoms with E-state index in [2.05, 4.69) is 0 Å². The fraction of sp³-hybridized carbons (Fsp3) is 0.462. The van der Waals surface area contributed by atoms with Crippen LogP contribution in [0.15, 0.2) is 18.2 Å². The standard InChI is InChI=1S/C13H15F2NO2/c14-5-8-18-11-1-2-13(12(15)9-11)16-6-3-10(17)4-7-16/h1-2,9H,3-8H2. The normalized spacial score (nSPS) is 15.9. The third-order valence-electron chi connectivity index (χ3n) is 2.93. The molecule has 0 unspecified atom stereocenters. The van der Waals surface area contributed by atoms with Crippen LogP contribution in [0.1, 0.15) is 12.8 Å². The molecular formula is C13H15F2NO2. The van der Waals surface area contributed by atoms with Crippen LogP contribution < -0.4 is 9.64 Å². The first-order chi connectivity index (χ1) is 8.70. The Hall–Kier alpha value is -1.65. The lowest BCUT2D eigenvalue weighted by Gasteiger charge is -2.28. The largest absolute Gasteiger partial charge is 0.491 e. The molecule has 5 heteroatoms. The van der Waals surface area contributed by atoms with E-state index < -0.39 is 12.5 Å². The average Bonchev–Trinajstić information content (AvgIpc) is 2.38. The highest BCUT2D eigenvalue weighted by Crippen LogP contribution is 2.26. The van der Waals surface area contributed by atoms with Crippen LogP contribution >= 0.6 is 0 Å². The highest BCUT2D eigenvalue weighted by Gasteiger charge is 2.19. The number of ether oxygens (including phenoxy) is 1. The molecule has 1 heterocycles. The monoisotopic (exact) mass is 255 g/mol. The minimum Gasteiger partial charge on any atom is -0.491 e. The van der Waals surface area contributed by atoms with Crippen LogP contribution in [0.5, 0.6) is 5.75 Å². The second-order valence-electron chi connectivity index (χ2n) is 4.18. The number of Topliss-reactive ketones (excluding diaryl/α,β-unsaturated/α-hetero) is 1. The van der Waals surface area contributed by atoms with Gasteiger partial charge in [-0.1, -0.05) is 0 Å². The maximum absolute atomic E-state index is 13.9. The van der Waals surface area contributed by atoms with Crippen molar-refractivity contribution in [3.63, 3.8) is 0 Å². The summed E-state index contributed by atoms with van der Waals surface area (Å²) in [6.45, 7) is 0.412. The Labute approximate surface area is 104 Å². The van der Waals surface area contributed by atoms with Crippen LogP contribution in [-0.2, 0) is 4.79 Å². The lowest BCUT2D eigenvalue weighted by Crippen LogP contribution is -2.34. The summed E-state index contributed by atoms with van der Waals surface area (Å²) >= 11 is 0. The fourth-order valence-corrected chi connectivity index (χ4v) is 1.99. The number of ketones is 1. The Morgan fingerprint density at radius 2 is 2.00 bits per heavy atom. The molecule has 1 fully saturated rings. The van der Waals surface area contributed by atoms with E-state index in [-0.39, 0.29) is 12.4 Å². The van der Waals surface area contributed by atoms with E-state index >= 15 is 0 Å². The van der Waals surface area contributed by atoms with E-state index in [1.54, 1.807) is 12.1 Å². The molecule has 0 saturated carbocycles. The molecule has 0 N–H and O–H groups in total. The van der Waals surface area contributed by atoms with Gasteiger partial charge in [0, 0.05) is 32.0 Å². The fourth-order valence-electron chi connectivity index (χ4n) is 1.99. The number of hydrogen-bond donors (Lipinski definition) is 0. The number of benzene rings is 1. The molecular weight excluding hydrogens is 240 g/mol. The lowest BCUT2D eigenvalue weighted by atomic mass is 10.1. The molecule has 3 nitrogen and oxygen atoms in total. The van der Waals surface area contributed by atoms with Crippen molar-refractivity contribution in [3.05, 3.63) is 24.0 Å². The van der Waals surface area contributed by atoms with Gasteiger partial charge in [-0.3, -0.25) is 4.79 Å². The summed E-state index contributed by atoms with van der Waals surface area (Å²) in [5, 5.41) is 0. The Morgan fingerprint density at radius 3 is 2.61 bits per heavy atom. The van der Waals surface area contributed by atoms with E-state index in [0.717, 1.165) is 0 Å². The van der Waals surface area contributed by atoms with Gasteiger partial charge < -0.3 is 9.64 Å². The molecule has 1 saturated heterocycles. The summed E-state index contributed by atoms with van der Waals surface area (Å²) < 4.78 is 30.8. The van der Waals surface area contributed by atoms with Gasteiger partial charge in [-0.15, -0.1) is 0 Å². The molecule has 0 atom stereocenters. The van der Waals surface area contributed by atoms with Crippen LogP contribution in [0.2, 0.25) is 0 Å². The molecule has 0 aliphatic carbocycles. The van der Waals surface area contributed by atoms with Gasteiger partial charge in [-0.25, -0.2) is 8.78 Å². The lowest BCUT2D eigenvalue weighted by molar-refractivity contribution is -0.119. The van der Waals surface area contributed by atoms with Crippen LogP contribution in [-0.4, -0.2) is 32.2 Å². The Morgan fingerprint density at radius 1 is 1.28 bits per heavy atom. The van der Waals surface area contributed by atoms with Gasteiger partial charge in [0.25, 0.3) is 0 Å². The molecule has 0 bridgehead atoms. The molecule has 98 valence electrons. The van der Waals surface area contributed by atoms with Gasteiger partial charge in [0.15, 0.2) is 0 Å². The third-order valence-corrected chi connectivity index (χ3v) is 2.93. The first-order valence-electron chi connectivity index (χ1n) is 5.95. The van der Waals surface area contributed by atoms with Crippen molar-refractivity contribution in [2.45, 2.75) is 12.8 Å². The molecule has 1 aromatic carbocycles. The molecule has 0 spiro atoms. The topological polar surface area (TPSA) is 29.5 Å². The van der Waals surface area contributed by atoms with Crippen LogP contribution in [0.25, 0.3) is 0 Å². The first kappa shape index (κ1) is 12.8. The van der Waals surface area contributed by atoms with Gasteiger partial charge in [-0.05, 0) is 12.1 Å². The van der Waals surface area contributed by atoms with Crippen molar-refractivity contribution < 1.29 is 18.3 Å². The quantitative estimate of drug-likeness (QED) is 0.827. The molecule has 1 aliphatic heterocycles. The van der Waals surface area contributed by atoms with Crippen molar-refractivity contribution in [2.75, 3.05) is 31.3 Å². The molecule has 0 aromatic heterocycles. The van der Waals surface area contributed by atoms with E-state index in [0.29, 0.717) is 37.4 Å². The average molecular weight is 255 g/mol. The Kier molecular flexibility index (Phi) is 4.12. The number of anilines is 1. The number of carbonyl (C=O) groups is 1. The molecule has 1 aromatic rings. The summed E-state index contributed by atoms with van der Waals surface area (Å²) in [4.78, 5) is 13.0. The number of nitrogens with zero attached hydrogens (tertiary/aromatic N) is 1. The molecule has 0 radical (unpaired) electrons. The summed E-state index contributed by atoms with van der Waals surface area (Å²) in [5.41, 5.74) is 0.468. The number of halogens is 2. The highest BCUT2D eigenvalue weighted by molar-refractivity contribution is 5.81. The second kappa shape index (κ2) is 5.80. The zero-order chi connectivity index (χ0) is 13.0. The Balaban J connectivity index is 2.07. The van der Waals surface area contributed by atoms with Crippen LogP contribution in [0.4, 0.5) is 14.5 Å². The highest BCUT2D eigenvalue weighted by atomic mass is 19.1. The van der Waals surface area contributed by atoms with E-state index in [4.69, 9.17) is 4.74 Å². The molecule has 0 amide bonds. The SMILES string of the molecule is O=C1CCN(c2ccc(OCCF)cc2F)CC1. The van der Waals surface area contributed by atoms with Crippen LogP contribution in [0.3, 0.4) is 0 Å². The maximum atomic E-state index is 13.9. The van der Waals surface area contributed by atoms with E-state index in [9.17, 15) is 13.6 Å². The van der Waals surface area contributed by atoms with E-state index in [1.165, 1.54) is 6.07 Å². The summed E-state index contributed by atoms with van der Waals surface area (Å²) in [7, 11) is 0. The van der Waals surface area contributed by atoms with Crippen molar-refractivity contribution in [3.8, 4) is 5.75 Å². The minimum atomic E-state index is -0.600. The number of hydrogen-bond acceptors (Lipinski definition) is 3. The van der Waals surface area contributed by atoms with Crippen LogP contribution in [0, 0.1) is 5.82 Å². The maximum Gasteiger partial charge on any atom is 0.150 e. The molecule has 2 rings (SSSR count). The van der Waals surface area contributed by atoms with Crippen molar-refractivity contribution >= 4 is 11.5 Å². The minimum absolute atomic E-state index is 0.0724. The van der Waals surface area contributed by atoms with Gasteiger partial charge in [0.05, 0.1) is 5.69 Å². The summed E-state index contributed by atoms with van der Waals surface area (Å²) in [5.74, 6) is 0.136. The van der Waals surface area contributed by atoms with Crippen molar-refractivity contribution in [1.29, 1.82) is 0 Å². The van der Waals surface area contributed by atoms with Gasteiger partial charge in [-0.2, -0.15) is 0 Å². The predicted octanol–water partition coefficient (Wildman–Crippen LogP) is 2.34. The summed E-state index contributed by atoms with van der Waals surface area (Å²) in [6, 6.07) is 4.48. The third kappa shape index (κ3) is 2.97. The smallest absolute Gasteiger partial charge is 0.150 e. The predicted molar refractivity (Wildman–Crippen MR) is 64.3 cm³/mol. The zero-order valence-corrected chi connectivity index (χ0v) is 9.99. The number of piperidine rings is 1. The van der Waals surface area contributed by atoms with E-state index in [1.807, 2.05) is 4.90 Å². The van der Waals surface area contributed by atoms with Gasteiger partial charge in [0.2, 0.25) is 0 Å². The Bertz CT molecular complexity index is 427. The van der Waals surface area contributed by atoms with Gasteiger partial charge in [0.1, 0.15) is 30.6 Å². The van der Waals surface area contributed by atoms with Gasteiger partial charge >= 0.3 is 0 Å². The molecule has 18 heavy (non-hydrogen) atoms. The number of rotatable bonds is 4. The number of carbonyl (C=O) groups excluding carboxylic acids is 1. The molecule has 1 aliphatic rings.